The Hall–Kier alpha value is -1.42. The zero-order valence-corrected chi connectivity index (χ0v) is 26.5. The summed E-state index contributed by atoms with van der Waals surface area (Å²) >= 11 is 23.7. The lowest BCUT2D eigenvalue weighted by Crippen LogP contribution is -2.37. The highest BCUT2D eigenvalue weighted by Crippen LogP contribution is 2.30. The number of pyridine rings is 2. The van der Waals surface area contributed by atoms with E-state index in [4.69, 9.17) is 66.3 Å². The van der Waals surface area contributed by atoms with E-state index in [1.165, 1.54) is 0 Å². The first-order valence-electron chi connectivity index (χ1n) is 11.7. The normalized spacial score (nSPS) is 12.3. The van der Waals surface area contributed by atoms with Gasteiger partial charge < -0.3 is 25.3 Å². The lowest BCUT2D eigenvalue weighted by atomic mass is 10.1. The Morgan fingerprint density at radius 2 is 1.34 bits per heavy atom. The minimum Gasteiger partial charge on any atom is -0.496 e. The third-order valence-corrected chi connectivity index (χ3v) is 5.90. The topological polar surface area (TPSA) is 109 Å². The van der Waals surface area contributed by atoms with Crippen LogP contribution >= 0.6 is 58.8 Å². The second-order valence-electron chi connectivity index (χ2n) is 9.44. The molecule has 0 saturated heterocycles. The summed E-state index contributed by atoms with van der Waals surface area (Å²) in [4.78, 5) is 19.7. The predicted octanol–water partition coefficient (Wildman–Crippen LogP) is 7.34. The highest BCUT2D eigenvalue weighted by molar-refractivity contribution is 6.33. The van der Waals surface area contributed by atoms with Gasteiger partial charge >= 0.3 is 6.09 Å². The fraction of sp³-hybridized carbons (Fsp3) is 0.560. The van der Waals surface area contributed by atoms with Crippen molar-refractivity contribution in [1.82, 2.24) is 15.3 Å². The van der Waals surface area contributed by atoms with Crippen LogP contribution in [-0.4, -0.2) is 48.0 Å². The van der Waals surface area contributed by atoms with Crippen molar-refractivity contribution in [2.24, 2.45) is 5.73 Å². The Labute approximate surface area is 251 Å². The molecule has 0 aliphatic heterocycles. The molecule has 2 heterocycles. The van der Waals surface area contributed by atoms with Crippen LogP contribution in [0.4, 0.5) is 4.79 Å². The molecular formula is C25H37Cl5N4O4. The van der Waals surface area contributed by atoms with Gasteiger partial charge in [-0.2, -0.15) is 0 Å². The number of rotatable bonds is 9. The highest BCUT2D eigenvalue weighted by atomic mass is 35.5. The Morgan fingerprint density at radius 1 is 0.921 bits per heavy atom. The summed E-state index contributed by atoms with van der Waals surface area (Å²) in [5.74, 6) is 1.26. The number of amides is 1. The Morgan fingerprint density at radius 3 is 1.71 bits per heavy atom. The Balaban J connectivity index is 0.000000750. The minimum atomic E-state index is -0.517. The molecule has 2 unspecified atom stereocenters. The zero-order chi connectivity index (χ0) is 28.3. The summed E-state index contributed by atoms with van der Waals surface area (Å²) in [7, 11) is 3.13. The third kappa shape index (κ3) is 13.6. The van der Waals surface area contributed by atoms with E-state index in [9.17, 15) is 4.79 Å². The number of halogens is 5. The van der Waals surface area contributed by atoms with E-state index in [0.717, 1.165) is 24.0 Å². The molecule has 0 aromatic carbocycles. The van der Waals surface area contributed by atoms with Crippen molar-refractivity contribution in [3.8, 4) is 11.5 Å². The van der Waals surface area contributed by atoms with E-state index in [0.29, 0.717) is 39.8 Å². The molecular weight excluding hydrogens is 598 g/mol. The van der Waals surface area contributed by atoms with Crippen LogP contribution in [0.1, 0.15) is 58.6 Å². The van der Waals surface area contributed by atoms with Crippen LogP contribution in [-0.2, 0) is 17.6 Å². The molecule has 3 N–H and O–H groups in total. The van der Waals surface area contributed by atoms with Crippen molar-refractivity contribution in [2.45, 2.75) is 78.0 Å². The van der Waals surface area contributed by atoms with Gasteiger partial charge in [-0.25, -0.2) is 14.8 Å². The van der Waals surface area contributed by atoms with Crippen LogP contribution in [0.25, 0.3) is 0 Å². The van der Waals surface area contributed by atoms with Gasteiger partial charge in [0.15, 0.2) is 0 Å². The average molecular weight is 635 g/mol. The molecule has 2 aromatic rings. The van der Waals surface area contributed by atoms with E-state index in [1.54, 1.807) is 26.4 Å². The average Bonchev–Trinajstić information content (AvgIpc) is 2.75. The molecule has 0 aliphatic rings. The SMILES string of the molecule is COc1cc(Cl)nc(Cl)c1CCC(C)N.COc1cc(Cl)nc(Cl)c1CCC(C)NC(=O)OC(C)(C)C.Cl. The molecule has 1 amide bonds. The van der Waals surface area contributed by atoms with Crippen molar-refractivity contribution < 1.29 is 19.0 Å². The molecule has 38 heavy (non-hydrogen) atoms. The molecule has 8 nitrogen and oxygen atoms in total. The van der Waals surface area contributed by atoms with E-state index >= 15 is 0 Å². The number of ether oxygens (including phenoxy) is 3. The van der Waals surface area contributed by atoms with Crippen LogP contribution in [0.3, 0.4) is 0 Å². The van der Waals surface area contributed by atoms with Crippen molar-refractivity contribution in [3.63, 3.8) is 0 Å². The van der Waals surface area contributed by atoms with Gasteiger partial charge in [0.2, 0.25) is 0 Å². The maximum atomic E-state index is 11.7. The minimum absolute atomic E-state index is 0. The molecule has 216 valence electrons. The number of nitrogens with one attached hydrogen (secondary N) is 1. The first-order chi connectivity index (χ1) is 17.2. The maximum absolute atomic E-state index is 11.7. The van der Waals surface area contributed by atoms with Crippen molar-refractivity contribution >= 4 is 64.9 Å². The van der Waals surface area contributed by atoms with Gasteiger partial charge in [0.1, 0.15) is 37.7 Å². The van der Waals surface area contributed by atoms with Gasteiger partial charge in [-0.05, 0) is 60.3 Å². The van der Waals surface area contributed by atoms with Gasteiger partial charge in [0.05, 0.1) is 14.2 Å². The Bertz CT molecular complexity index is 1040. The van der Waals surface area contributed by atoms with Crippen LogP contribution in [0, 0.1) is 0 Å². The standard InChI is InChI=1S/C15H22Cl2N2O3.C10H14Cl2N2O.ClH/c1-9(18-14(20)22-15(2,3)4)6-7-10-11(21-5)8-12(16)19-13(10)17;1-6(13)3-4-7-8(15-2)5-9(11)14-10(7)12;/h8-9H,6-7H2,1-5H3,(H,18,20);5-6H,3-4,13H2,1-2H3;1H. The van der Waals surface area contributed by atoms with E-state index in [-0.39, 0.29) is 29.6 Å². The van der Waals surface area contributed by atoms with Gasteiger partial charge in [0, 0.05) is 35.3 Å². The quantitative estimate of drug-likeness (QED) is 0.278. The molecule has 0 fully saturated rings. The number of nitrogens with zero attached hydrogens (tertiary/aromatic N) is 2. The maximum Gasteiger partial charge on any atom is 0.407 e. The number of alkyl carbamates (subject to hydrolysis) is 1. The fourth-order valence-electron chi connectivity index (χ4n) is 3.11. The van der Waals surface area contributed by atoms with Crippen molar-refractivity contribution in [1.29, 1.82) is 0 Å². The summed E-state index contributed by atoms with van der Waals surface area (Å²) < 4.78 is 15.7. The van der Waals surface area contributed by atoms with Gasteiger partial charge in [-0.15, -0.1) is 12.4 Å². The molecule has 2 atom stereocenters. The lowest BCUT2D eigenvalue weighted by Gasteiger charge is -2.22. The lowest BCUT2D eigenvalue weighted by molar-refractivity contribution is 0.0506. The zero-order valence-electron chi connectivity index (χ0n) is 22.7. The molecule has 2 aromatic heterocycles. The molecule has 0 saturated carbocycles. The number of carbonyl (C=O) groups excluding carboxylic acids is 1. The summed E-state index contributed by atoms with van der Waals surface area (Å²) in [6, 6.07) is 3.33. The second kappa shape index (κ2) is 17.3. The first-order valence-corrected chi connectivity index (χ1v) is 13.2. The molecule has 0 bridgehead atoms. The van der Waals surface area contributed by atoms with Gasteiger partial charge in [-0.3, -0.25) is 0 Å². The fourth-order valence-corrected chi connectivity index (χ4v) is 4.12. The van der Waals surface area contributed by atoms with Crippen LogP contribution in [0.2, 0.25) is 20.6 Å². The van der Waals surface area contributed by atoms with E-state index < -0.39 is 11.7 Å². The van der Waals surface area contributed by atoms with Gasteiger partial charge in [-0.1, -0.05) is 46.4 Å². The second-order valence-corrected chi connectivity index (χ2v) is 10.9. The van der Waals surface area contributed by atoms with Crippen molar-refractivity contribution in [2.75, 3.05) is 14.2 Å². The van der Waals surface area contributed by atoms with Gasteiger partial charge in [0.25, 0.3) is 0 Å². The third-order valence-electron chi connectivity index (χ3n) is 4.88. The number of nitrogens with two attached hydrogens (primary N) is 1. The van der Waals surface area contributed by atoms with Crippen LogP contribution < -0.4 is 20.5 Å². The van der Waals surface area contributed by atoms with Crippen molar-refractivity contribution in [3.05, 3.63) is 43.9 Å². The summed E-state index contributed by atoms with van der Waals surface area (Å²) in [6.45, 7) is 9.31. The molecule has 0 aliphatic carbocycles. The number of carbonyl (C=O) groups is 1. The smallest absolute Gasteiger partial charge is 0.407 e. The summed E-state index contributed by atoms with van der Waals surface area (Å²) in [6.07, 6.45) is 2.40. The van der Waals surface area contributed by atoms with Crippen LogP contribution in [0.15, 0.2) is 12.1 Å². The summed E-state index contributed by atoms with van der Waals surface area (Å²) in [5, 5.41) is 4.10. The predicted molar refractivity (Wildman–Crippen MR) is 158 cm³/mol. The largest absolute Gasteiger partial charge is 0.496 e. The first kappa shape index (κ1) is 36.6. The number of aromatic nitrogens is 2. The molecule has 0 radical (unpaired) electrons. The number of hydrogen-bond acceptors (Lipinski definition) is 7. The summed E-state index contributed by atoms with van der Waals surface area (Å²) in [5.41, 5.74) is 6.80. The van der Waals surface area contributed by atoms with E-state index in [1.807, 2.05) is 34.6 Å². The monoisotopic (exact) mass is 632 g/mol. The van der Waals surface area contributed by atoms with E-state index in [2.05, 4.69) is 15.3 Å². The molecule has 2 rings (SSSR count). The van der Waals surface area contributed by atoms with Crippen LogP contribution in [0.5, 0.6) is 11.5 Å². The number of methoxy groups -OCH3 is 2. The Kier molecular flexibility index (Phi) is 16.7. The highest BCUT2D eigenvalue weighted by Gasteiger charge is 2.19. The molecule has 0 spiro atoms. The number of hydrogen-bond donors (Lipinski definition) is 2. The molecule has 13 heteroatoms.